The van der Waals surface area contributed by atoms with Crippen molar-refractivity contribution in [3.63, 3.8) is 0 Å². The molecule has 1 N–H and O–H groups in total. The van der Waals surface area contributed by atoms with E-state index in [0.717, 1.165) is 38.4 Å². The van der Waals surface area contributed by atoms with Crippen molar-refractivity contribution in [2.45, 2.75) is 20.1 Å². The van der Waals surface area contributed by atoms with Gasteiger partial charge >= 0.3 is 0 Å². The van der Waals surface area contributed by atoms with Crippen LogP contribution in [0, 0.1) is 10.5 Å². The zero-order chi connectivity index (χ0) is 20.9. The molecule has 0 saturated heterocycles. The lowest BCUT2D eigenvalue weighted by Gasteiger charge is -2.16. The van der Waals surface area contributed by atoms with Crippen molar-refractivity contribution < 1.29 is 9.47 Å². The van der Waals surface area contributed by atoms with Crippen LogP contribution >= 0.6 is 22.6 Å². The highest BCUT2D eigenvalue weighted by molar-refractivity contribution is 14.1. The smallest absolute Gasteiger partial charge is 0.174 e. The third-order valence-electron chi connectivity index (χ3n) is 5.09. The summed E-state index contributed by atoms with van der Waals surface area (Å²) in [7, 11) is 1.69. The van der Waals surface area contributed by atoms with E-state index >= 15 is 0 Å². The molecule has 0 radical (unpaired) electrons. The van der Waals surface area contributed by atoms with Crippen molar-refractivity contribution in [1.82, 2.24) is 0 Å². The minimum absolute atomic E-state index is 0.495. The number of rotatable bonds is 7. The number of halogens is 1. The fraction of sp³-hybridized carbons (Fsp3) is 0.154. The summed E-state index contributed by atoms with van der Waals surface area (Å²) in [6, 6.07) is 27.3. The Labute approximate surface area is 191 Å². The van der Waals surface area contributed by atoms with Crippen LogP contribution in [0.3, 0.4) is 0 Å². The largest absolute Gasteiger partial charge is 0.493 e. The van der Waals surface area contributed by atoms with Gasteiger partial charge in [0.25, 0.3) is 0 Å². The lowest BCUT2D eigenvalue weighted by atomic mass is 10.1. The maximum atomic E-state index is 6.23. The van der Waals surface area contributed by atoms with Crippen LogP contribution in [0.25, 0.3) is 10.8 Å². The average Bonchev–Trinajstić information content (AvgIpc) is 2.77. The second-order valence-corrected chi connectivity index (χ2v) is 8.42. The standard InChI is InChI=1S/C26H24INO2/c1-18-10-12-22(13-11-18)28-16-19-14-24(27)26(25(15-19)29-2)30-17-21-8-5-7-20-6-3-4-9-23(20)21/h3-15,28H,16-17H2,1-2H3. The number of fused-ring (bicyclic) bond motifs is 1. The van der Waals surface area contributed by atoms with Crippen molar-refractivity contribution in [3.05, 3.63) is 99.1 Å². The molecule has 4 rings (SSSR count). The Kier molecular flexibility index (Phi) is 6.43. The molecule has 0 fully saturated rings. The monoisotopic (exact) mass is 509 g/mol. The Balaban J connectivity index is 1.51. The Morgan fingerprint density at radius 1 is 0.900 bits per heavy atom. The van der Waals surface area contributed by atoms with Gasteiger partial charge in [0.15, 0.2) is 11.5 Å². The van der Waals surface area contributed by atoms with Crippen LogP contribution in [0.5, 0.6) is 11.5 Å². The van der Waals surface area contributed by atoms with E-state index in [0.29, 0.717) is 6.61 Å². The van der Waals surface area contributed by atoms with Gasteiger partial charge in [0.1, 0.15) is 6.61 Å². The molecular weight excluding hydrogens is 485 g/mol. The SMILES string of the molecule is COc1cc(CNc2ccc(C)cc2)cc(I)c1OCc1cccc2ccccc12. The van der Waals surface area contributed by atoms with Gasteiger partial charge in [-0.15, -0.1) is 0 Å². The molecule has 0 heterocycles. The summed E-state index contributed by atoms with van der Waals surface area (Å²) in [4.78, 5) is 0. The van der Waals surface area contributed by atoms with Gasteiger partial charge in [0.05, 0.1) is 10.7 Å². The van der Waals surface area contributed by atoms with Crippen LogP contribution in [-0.4, -0.2) is 7.11 Å². The van der Waals surface area contributed by atoms with Crippen LogP contribution in [0.2, 0.25) is 0 Å². The average molecular weight is 509 g/mol. The molecule has 4 aromatic rings. The van der Waals surface area contributed by atoms with E-state index in [-0.39, 0.29) is 0 Å². The summed E-state index contributed by atoms with van der Waals surface area (Å²) in [6.45, 7) is 3.31. The Morgan fingerprint density at radius 3 is 2.47 bits per heavy atom. The van der Waals surface area contributed by atoms with Crippen molar-refractivity contribution in [1.29, 1.82) is 0 Å². The zero-order valence-corrected chi connectivity index (χ0v) is 19.3. The number of ether oxygens (including phenoxy) is 2. The quantitative estimate of drug-likeness (QED) is 0.274. The van der Waals surface area contributed by atoms with Crippen LogP contribution in [-0.2, 0) is 13.2 Å². The highest BCUT2D eigenvalue weighted by Gasteiger charge is 2.13. The first-order valence-corrected chi connectivity index (χ1v) is 11.0. The maximum Gasteiger partial charge on any atom is 0.174 e. The van der Waals surface area contributed by atoms with Gasteiger partial charge in [-0.1, -0.05) is 60.2 Å². The van der Waals surface area contributed by atoms with Crippen LogP contribution in [0.4, 0.5) is 5.69 Å². The van der Waals surface area contributed by atoms with Gasteiger partial charge in [-0.25, -0.2) is 0 Å². The molecule has 0 aromatic heterocycles. The molecule has 0 saturated carbocycles. The van der Waals surface area contributed by atoms with E-state index < -0.39 is 0 Å². The van der Waals surface area contributed by atoms with Gasteiger partial charge in [0, 0.05) is 12.2 Å². The van der Waals surface area contributed by atoms with E-state index in [9.17, 15) is 0 Å². The molecular formula is C26H24INO2. The number of methoxy groups -OCH3 is 1. The van der Waals surface area contributed by atoms with E-state index in [4.69, 9.17) is 9.47 Å². The Hall–Kier alpha value is -2.73. The predicted molar refractivity (Wildman–Crippen MR) is 132 cm³/mol. The van der Waals surface area contributed by atoms with Gasteiger partial charge < -0.3 is 14.8 Å². The lowest BCUT2D eigenvalue weighted by Crippen LogP contribution is -2.04. The maximum absolute atomic E-state index is 6.23. The molecule has 0 aliphatic heterocycles. The minimum atomic E-state index is 0.495. The van der Waals surface area contributed by atoms with Crippen molar-refractivity contribution in [2.75, 3.05) is 12.4 Å². The van der Waals surface area contributed by atoms with Crippen LogP contribution in [0.1, 0.15) is 16.7 Å². The molecule has 3 nitrogen and oxygen atoms in total. The summed E-state index contributed by atoms with van der Waals surface area (Å²) in [6.07, 6.45) is 0. The third kappa shape index (κ3) is 4.70. The fourth-order valence-electron chi connectivity index (χ4n) is 3.46. The van der Waals surface area contributed by atoms with Crippen molar-refractivity contribution >= 4 is 39.1 Å². The molecule has 0 amide bonds. The number of benzene rings is 4. The van der Waals surface area contributed by atoms with Gasteiger partial charge in [-0.2, -0.15) is 0 Å². The molecule has 0 aliphatic carbocycles. The third-order valence-corrected chi connectivity index (χ3v) is 5.89. The number of hydrogen-bond donors (Lipinski definition) is 1. The molecule has 0 atom stereocenters. The molecule has 0 unspecified atom stereocenters. The topological polar surface area (TPSA) is 30.5 Å². The molecule has 0 spiro atoms. The number of aryl methyl sites for hydroxylation is 1. The predicted octanol–water partition coefficient (Wildman–Crippen LogP) is 6.95. The molecule has 4 aromatic carbocycles. The van der Waals surface area contributed by atoms with Crippen LogP contribution in [0.15, 0.2) is 78.9 Å². The van der Waals surface area contributed by atoms with Gasteiger partial charge in [-0.05, 0) is 75.7 Å². The first-order valence-electron chi connectivity index (χ1n) is 9.90. The zero-order valence-electron chi connectivity index (χ0n) is 17.1. The second-order valence-electron chi connectivity index (χ2n) is 7.26. The number of hydrogen-bond acceptors (Lipinski definition) is 3. The number of nitrogens with one attached hydrogen (secondary N) is 1. The first-order chi connectivity index (χ1) is 14.6. The number of anilines is 1. The molecule has 152 valence electrons. The van der Waals surface area contributed by atoms with Crippen molar-refractivity contribution in [3.8, 4) is 11.5 Å². The van der Waals surface area contributed by atoms with E-state index in [1.54, 1.807) is 7.11 Å². The Bertz CT molecular complexity index is 1150. The molecule has 4 heteroatoms. The fourth-order valence-corrected chi connectivity index (χ4v) is 4.28. The van der Waals surface area contributed by atoms with Gasteiger partial charge in [0.2, 0.25) is 0 Å². The summed E-state index contributed by atoms with van der Waals surface area (Å²) < 4.78 is 12.9. The van der Waals surface area contributed by atoms with E-state index in [1.165, 1.54) is 16.3 Å². The second kappa shape index (κ2) is 9.39. The van der Waals surface area contributed by atoms with Gasteiger partial charge in [-0.3, -0.25) is 0 Å². The normalized spacial score (nSPS) is 10.8. The van der Waals surface area contributed by atoms with E-state index in [2.05, 4.69) is 108 Å². The highest BCUT2D eigenvalue weighted by Crippen LogP contribution is 2.35. The summed E-state index contributed by atoms with van der Waals surface area (Å²) in [5, 5.41) is 5.90. The lowest BCUT2D eigenvalue weighted by molar-refractivity contribution is 0.283. The highest BCUT2D eigenvalue weighted by atomic mass is 127. The Morgan fingerprint density at radius 2 is 1.67 bits per heavy atom. The van der Waals surface area contributed by atoms with Crippen molar-refractivity contribution in [2.24, 2.45) is 0 Å². The molecule has 0 bridgehead atoms. The van der Waals surface area contributed by atoms with E-state index in [1.807, 2.05) is 6.07 Å². The molecule has 0 aliphatic rings. The minimum Gasteiger partial charge on any atom is -0.493 e. The first kappa shape index (κ1) is 20.5. The summed E-state index contributed by atoms with van der Waals surface area (Å²) in [5.74, 6) is 1.54. The summed E-state index contributed by atoms with van der Waals surface area (Å²) in [5.41, 5.74) is 4.67. The summed E-state index contributed by atoms with van der Waals surface area (Å²) >= 11 is 2.32. The van der Waals surface area contributed by atoms with Crippen LogP contribution < -0.4 is 14.8 Å². The molecule has 30 heavy (non-hydrogen) atoms.